The van der Waals surface area contributed by atoms with Crippen LogP contribution in [0.15, 0.2) is 36.4 Å². The van der Waals surface area contributed by atoms with Crippen LogP contribution in [0.5, 0.6) is 11.5 Å². The number of hydrogen-bond donors (Lipinski definition) is 4. The zero-order valence-corrected chi connectivity index (χ0v) is 14.7. The molecular weight excluding hydrogens is 342 g/mol. The number of methoxy groups -OCH3 is 1. The predicted octanol–water partition coefficient (Wildman–Crippen LogP) is 2.91. The Balaban J connectivity index is 1.66. The Hall–Kier alpha value is -2.28. The molecule has 25 heavy (non-hydrogen) atoms. The first-order valence-corrected chi connectivity index (χ1v) is 8.31. The fourth-order valence-electron chi connectivity index (χ4n) is 2.87. The van der Waals surface area contributed by atoms with Gasteiger partial charge in [0.1, 0.15) is 17.5 Å². The molecule has 2 aromatic carbocycles. The number of rotatable bonds is 4. The number of ether oxygens (including phenoxy) is 1. The number of hydrogen-bond acceptors (Lipinski definition) is 5. The van der Waals surface area contributed by atoms with E-state index in [1.54, 1.807) is 18.2 Å². The van der Waals surface area contributed by atoms with Crippen LogP contribution >= 0.6 is 11.6 Å². The third-order valence-electron chi connectivity index (χ3n) is 4.28. The molecule has 0 aliphatic carbocycles. The number of benzene rings is 2. The smallest absolute Gasteiger partial charge is 0.242 e. The molecule has 1 fully saturated rings. The molecule has 0 saturated carbocycles. The van der Waals surface area contributed by atoms with Gasteiger partial charge in [0.2, 0.25) is 5.91 Å². The van der Waals surface area contributed by atoms with Gasteiger partial charge in [-0.2, -0.15) is 0 Å². The average molecular weight is 362 g/mol. The van der Waals surface area contributed by atoms with Crippen molar-refractivity contribution in [3.8, 4) is 11.5 Å². The van der Waals surface area contributed by atoms with Gasteiger partial charge in [-0.05, 0) is 37.1 Å². The van der Waals surface area contributed by atoms with Gasteiger partial charge < -0.3 is 15.2 Å². The number of anilines is 1. The molecule has 1 saturated heterocycles. The van der Waals surface area contributed by atoms with Crippen LogP contribution in [0.1, 0.15) is 23.6 Å². The Morgan fingerprint density at radius 2 is 2.12 bits per heavy atom. The van der Waals surface area contributed by atoms with Crippen LogP contribution in [0.25, 0.3) is 0 Å². The SMILES string of the molecule is COc1ccc(NC(=O)C2CC(c3cccc(C)c3O)NN2)cc1Cl. The lowest BCUT2D eigenvalue weighted by atomic mass is 9.99. The molecule has 1 aliphatic heterocycles. The highest BCUT2D eigenvalue weighted by molar-refractivity contribution is 6.32. The van der Waals surface area contributed by atoms with E-state index in [0.29, 0.717) is 22.9 Å². The third kappa shape index (κ3) is 3.71. The maximum Gasteiger partial charge on any atom is 0.242 e. The number of carbonyl (C=O) groups excluding carboxylic acids is 1. The second kappa shape index (κ2) is 7.31. The maximum absolute atomic E-state index is 12.5. The van der Waals surface area contributed by atoms with Crippen LogP contribution in [0.3, 0.4) is 0 Å². The van der Waals surface area contributed by atoms with Crippen molar-refractivity contribution in [2.24, 2.45) is 0 Å². The molecule has 1 amide bonds. The van der Waals surface area contributed by atoms with Crippen LogP contribution in [0.2, 0.25) is 5.02 Å². The molecule has 3 rings (SSSR count). The first-order chi connectivity index (χ1) is 12.0. The van der Waals surface area contributed by atoms with Crippen LogP contribution in [0, 0.1) is 6.92 Å². The second-order valence-electron chi connectivity index (χ2n) is 5.98. The molecular formula is C18H20ClN3O3. The van der Waals surface area contributed by atoms with Gasteiger partial charge in [0.15, 0.2) is 0 Å². The maximum atomic E-state index is 12.5. The van der Waals surface area contributed by atoms with Crippen LogP contribution in [0.4, 0.5) is 5.69 Å². The molecule has 4 N–H and O–H groups in total. The molecule has 1 aliphatic rings. The van der Waals surface area contributed by atoms with Gasteiger partial charge in [-0.15, -0.1) is 0 Å². The van der Waals surface area contributed by atoms with E-state index in [0.717, 1.165) is 11.1 Å². The van der Waals surface area contributed by atoms with Crippen molar-refractivity contribution in [1.29, 1.82) is 0 Å². The van der Waals surface area contributed by atoms with E-state index >= 15 is 0 Å². The molecule has 2 aromatic rings. The summed E-state index contributed by atoms with van der Waals surface area (Å²) in [5.41, 5.74) is 8.22. The summed E-state index contributed by atoms with van der Waals surface area (Å²) in [5.74, 6) is 0.628. The number of nitrogens with one attached hydrogen (secondary N) is 3. The minimum absolute atomic E-state index is 0.143. The van der Waals surface area contributed by atoms with Gasteiger partial charge >= 0.3 is 0 Å². The van der Waals surface area contributed by atoms with Crippen LogP contribution < -0.4 is 20.9 Å². The first-order valence-electron chi connectivity index (χ1n) is 7.93. The number of halogens is 1. The van der Waals surface area contributed by atoms with E-state index in [1.165, 1.54) is 7.11 Å². The van der Waals surface area contributed by atoms with E-state index < -0.39 is 6.04 Å². The van der Waals surface area contributed by atoms with E-state index in [9.17, 15) is 9.90 Å². The predicted molar refractivity (Wildman–Crippen MR) is 96.9 cm³/mol. The van der Waals surface area contributed by atoms with E-state index in [1.807, 2.05) is 25.1 Å². The molecule has 2 unspecified atom stereocenters. The molecule has 132 valence electrons. The summed E-state index contributed by atoms with van der Waals surface area (Å²) < 4.78 is 5.10. The molecule has 0 spiro atoms. The highest BCUT2D eigenvalue weighted by atomic mass is 35.5. The van der Waals surface area contributed by atoms with Gasteiger partial charge in [-0.3, -0.25) is 4.79 Å². The summed E-state index contributed by atoms with van der Waals surface area (Å²) in [7, 11) is 1.54. The number of phenolic OH excluding ortho intramolecular Hbond substituents is 1. The Morgan fingerprint density at radius 1 is 1.32 bits per heavy atom. The van der Waals surface area contributed by atoms with E-state index in [2.05, 4.69) is 16.2 Å². The summed E-state index contributed by atoms with van der Waals surface area (Å²) in [6, 6.07) is 10.1. The summed E-state index contributed by atoms with van der Waals surface area (Å²) in [4.78, 5) is 12.5. The molecule has 2 atom stereocenters. The molecule has 0 bridgehead atoms. The average Bonchev–Trinajstić information content (AvgIpc) is 3.07. The quantitative estimate of drug-likeness (QED) is 0.673. The Bertz CT molecular complexity index is 797. The Labute approximate surface area is 151 Å². The van der Waals surface area contributed by atoms with Gasteiger partial charge in [-0.1, -0.05) is 29.8 Å². The van der Waals surface area contributed by atoms with Crippen LogP contribution in [-0.4, -0.2) is 24.2 Å². The fourth-order valence-corrected chi connectivity index (χ4v) is 3.13. The normalized spacial score (nSPS) is 19.6. The van der Waals surface area contributed by atoms with Crippen molar-refractivity contribution in [1.82, 2.24) is 10.9 Å². The minimum atomic E-state index is -0.425. The van der Waals surface area contributed by atoms with Gasteiger partial charge in [0, 0.05) is 11.3 Å². The zero-order valence-electron chi connectivity index (χ0n) is 14.0. The number of hydrazine groups is 1. The lowest BCUT2D eigenvalue weighted by Crippen LogP contribution is -2.39. The zero-order chi connectivity index (χ0) is 18.0. The fraction of sp³-hybridized carbons (Fsp3) is 0.278. The summed E-state index contributed by atoms with van der Waals surface area (Å²) in [5, 5.41) is 13.5. The Morgan fingerprint density at radius 3 is 2.84 bits per heavy atom. The van der Waals surface area contributed by atoms with E-state index in [-0.39, 0.29) is 17.7 Å². The third-order valence-corrected chi connectivity index (χ3v) is 4.58. The standard InChI is InChI=1S/C18H20ClN3O3/c1-10-4-3-5-12(17(10)23)14-9-15(22-21-14)18(24)20-11-6-7-16(25-2)13(19)8-11/h3-8,14-15,21-23H,9H2,1-2H3,(H,20,24). The highest BCUT2D eigenvalue weighted by Crippen LogP contribution is 2.32. The monoisotopic (exact) mass is 361 g/mol. The van der Waals surface area contributed by atoms with Crippen molar-refractivity contribution in [2.75, 3.05) is 12.4 Å². The number of aryl methyl sites for hydroxylation is 1. The number of para-hydroxylation sites is 1. The van der Waals surface area contributed by atoms with Crippen molar-refractivity contribution in [3.05, 3.63) is 52.5 Å². The summed E-state index contributed by atoms with van der Waals surface area (Å²) in [6.45, 7) is 1.85. The van der Waals surface area contributed by atoms with Crippen molar-refractivity contribution in [2.45, 2.75) is 25.4 Å². The first kappa shape index (κ1) is 17.5. The molecule has 7 heteroatoms. The lowest BCUT2D eigenvalue weighted by molar-refractivity contribution is -0.117. The number of phenols is 1. The molecule has 6 nitrogen and oxygen atoms in total. The van der Waals surface area contributed by atoms with Gasteiger partial charge in [0.25, 0.3) is 0 Å². The number of carbonyl (C=O) groups is 1. The molecule has 0 aromatic heterocycles. The Kier molecular flexibility index (Phi) is 5.13. The second-order valence-corrected chi connectivity index (χ2v) is 6.39. The minimum Gasteiger partial charge on any atom is -0.507 e. The van der Waals surface area contributed by atoms with Crippen molar-refractivity contribution in [3.63, 3.8) is 0 Å². The van der Waals surface area contributed by atoms with Gasteiger partial charge in [-0.25, -0.2) is 10.9 Å². The topological polar surface area (TPSA) is 82.6 Å². The summed E-state index contributed by atoms with van der Waals surface area (Å²) in [6.07, 6.45) is 0.521. The van der Waals surface area contributed by atoms with Crippen molar-refractivity contribution >= 4 is 23.2 Å². The number of aromatic hydroxyl groups is 1. The highest BCUT2D eigenvalue weighted by Gasteiger charge is 2.31. The number of amides is 1. The molecule has 1 heterocycles. The van der Waals surface area contributed by atoms with E-state index in [4.69, 9.17) is 16.3 Å². The largest absolute Gasteiger partial charge is 0.507 e. The summed E-state index contributed by atoms with van der Waals surface area (Å²) >= 11 is 6.08. The van der Waals surface area contributed by atoms with Crippen LogP contribution in [-0.2, 0) is 4.79 Å². The molecule has 0 radical (unpaired) electrons. The van der Waals surface area contributed by atoms with Crippen molar-refractivity contribution < 1.29 is 14.6 Å². The lowest BCUT2D eigenvalue weighted by Gasteiger charge is -2.13. The van der Waals surface area contributed by atoms with Gasteiger partial charge in [0.05, 0.1) is 18.2 Å².